The van der Waals surface area contributed by atoms with Crippen molar-refractivity contribution in [2.75, 3.05) is 49.1 Å². The molecule has 0 atom stereocenters. The summed E-state index contributed by atoms with van der Waals surface area (Å²) < 4.78 is 27.3. The van der Waals surface area contributed by atoms with Gasteiger partial charge in [0.2, 0.25) is 16.0 Å². The predicted molar refractivity (Wildman–Crippen MR) is 111 cm³/mol. The molecular weight excluding hydrogens is 398 g/mol. The summed E-state index contributed by atoms with van der Waals surface area (Å²) in [5.74, 6) is 1.64. The van der Waals surface area contributed by atoms with Crippen LogP contribution in [0, 0.1) is 6.92 Å². The highest BCUT2D eigenvalue weighted by atomic mass is 35.5. The predicted octanol–water partition coefficient (Wildman–Crippen LogP) is 2.55. The van der Waals surface area contributed by atoms with Crippen molar-refractivity contribution in [3.05, 3.63) is 41.0 Å². The molecule has 2 fully saturated rings. The van der Waals surface area contributed by atoms with Crippen LogP contribution in [0.15, 0.2) is 35.2 Å². The Morgan fingerprint density at radius 3 is 2.29 bits per heavy atom. The minimum atomic E-state index is -3.59. The first kappa shape index (κ1) is 19.4. The van der Waals surface area contributed by atoms with Gasteiger partial charge in [-0.2, -0.15) is 9.29 Å². The van der Waals surface area contributed by atoms with Crippen molar-refractivity contribution in [3.63, 3.8) is 0 Å². The van der Waals surface area contributed by atoms with Gasteiger partial charge in [-0.25, -0.2) is 13.4 Å². The molecule has 2 aromatic rings. The molecule has 4 rings (SSSR count). The zero-order chi connectivity index (χ0) is 19.7. The first-order chi connectivity index (χ1) is 13.4. The van der Waals surface area contributed by atoms with Gasteiger partial charge in [0.15, 0.2) is 0 Å². The summed E-state index contributed by atoms with van der Waals surface area (Å²) in [6, 6.07) is 8.55. The molecule has 2 aliphatic heterocycles. The van der Waals surface area contributed by atoms with Gasteiger partial charge in [-0.05, 0) is 31.9 Å². The van der Waals surface area contributed by atoms with E-state index in [2.05, 4.69) is 14.8 Å². The summed E-state index contributed by atoms with van der Waals surface area (Å²) in [6.07, 6.45) is 2.34. The Morgan fingerprint density at radius 2 is 1.61 bits per heavy atom. The van der Waals surface area contributed by atoms with Crippen molar-refractivity contribution >= 4 is 33.4 Å². The van der Waals surface area contributed by atoms with Gasteiger partial charge in [0.1, 0.15) is 10.7 Å². The van der Waals surface area contributed by atoms with Gasteiger partial charge < -0.3 is 9.80 Å². The lowest BCUT2D eigenvalue weighted by Gasteiger charge is -2.35. The maximum Gasteiger partial charge on any atom is 0.244 e. The first-order valence-corrected chi connectivity index (χ1v) is 11.4. The molecule has 28 heavy (non-hydrogen) atoms. The van der Waals surface area contributed by atoms with Crippen LogP contribution in [-0.2, 0) is 10.0 Å². The van der Waals surface area contributed by atoms with Crippen molar-refractivity contribution < 1.29 is 8.42 Å². The summed E-state index contributed by atoms with van der Waals surface area (Å²) in [5.41, 5.74) is 0.929. The standard InChI is InChI=1S/C19H24ClN5O2S/c1-15-14-18(22-19(21-15)24-8-4-5-9-24)23-10-12-25(13-11-23)28(26,27)17-7-3-2-6-16(17)20/h2-3,6-7,14H,4-5,8-13H2,1H3. The number of hydrogen-bond acceptors (Lipinski definition) is 6. The Bertz CT molecular complexity index is 955. The molecule has 9 heteroatoms. The maximum atomic E-state index is 12.9. The van der Waals surface area contributed by atoms with Gasteiger partial charge in [0.05, 0.1) is 5.02 Å². The summed E-state index contributed by atoms with van der Waals surface area (Å²) >= 11 is 6.11. The van der Waals surface area contributed by atoms with E-state index in [4.69, 9.17) is 16.6 Å². The SMILES string of the molecule is Cc1cc(N2CCN(S(=O)(=O)c3ccccc3Cl)CC2)nc(N2CCCC2)n1. The molecule has 1 aromatic carbocycles. The molecule has 0 spiro atoms. The monoisotopic (exact) mass is 421 g/mol. The number of aryl methyl sites for hydroxylation is 1. The second-order valence-electron chi connectivity index (χ2n) is 7.18. The molecule has 0 N–H and O–H groups in total. The molecule has 0 saturated carbocycles. The number of nitrogens with zero attached hydrogens (tertiary/aromatic N) is 5. The summed E-state index contributed by atoms with van der Waals surface area (Å²) in [6.45, 7) is 5.92. The number of halogens is 1. The van der Waals surface area contributed by atoms with Crippen LogP contribution in [-0.4, -0.2) is 62.0 Å². The zero-order valence-electron chi connectivity index (χ0n) is 15.9. The third kappa shape index (κ3) is 3.81. The third-order valence-corrected chi connectivity index (χ3v) is 7.63. The second kappa shape index (κ2) is 7.85. The number of benzene rings is 1. The van der Waals surface area contributed by atoms with E-state index in [1.165, 1.54) is 17.1 Å². The molecule has 0 amide bonds. The number of sulfonamides is 1. The average molecular weight is 422 g/mol. The van der Waals surface area contributed by atoms with Crippen LogP contribution in [0.4, 0.5) is 11.8 Å². The van der Waals surface area contributed by atoms with Gasteiger partial charge in [0, 0.05) is 51.0 Å². The van der Waals surface area contributed by atoms with Crippen LogP contribution < -0.4 is 9.80 Å². The van der Waals surface area contributed by atoms with Crippen LogP contribution in [0.25, 0.3) is 0 Å². The lowest BCUT2D eigenvalue weighted by Crippen LogP contribution is -2.49. The summed E-state index contributed by atoms with van der Waals surface area (Å²) in [5, 5.41) is 0.256. The van der Waals surface area contributed by atoms with E-state index in [1.807, 2.05) is 13.0 Å². The minimum Gasteiger partial charge on any atom is -0.354 e. The van der Waals surface area contributed by atoms with E-state index in [1.54, 1.807) is 24.3 Å². The number of hydrogen-bond donors (Lipinski definition) is 0. The quantitative estimate of drug-likeness (QED) is 0.755. The first-order valence-electron chi connectivity index (χ1n) is 9.55. The van der Waals surface area contributed by atoms with Crippen LogP contribution in [0.2, 0.25) is 5.02 Å². The Balaban J connectivity index is 1.49. The number of anilines is 2. The molecule has 7 nitrogen and oxygen atoms in total. The lowest BCUT2D eigenvalue weighted by atomic mass is 10.3. The molecule has 2 aliphatic rings. The lowest BCUT2D eigenvalue weighted by molar-refractivity contribution is 0.383. The van der Waals surface area contributed by atoms with Crippen LogP contribution >= 0.6 is 11.6 Å². The average Bonchev–Trinajstić information content (AvgIpc) is 3.23. The smallest absolute Gasteiger partial charge is 0.244 e. The molecule has 1 aromatic heterocycles. The van der Waals surface area contributed by atoms with E-state index >= 15 is 0 Å². The second-order valence-corrected chi connectivity index (χ2v) is 9.50. The van der Waals surface area contributed by atoms with E-state index < -0.39 is 10.0 Å². The molecule has 150 valence electrons. The van der Waals surface area contributed by atoms with E-state index in [-0.39, 0.29) is 9.92 Å². The van der Waals surface area contributed by atoms with Crippen molar-refractivity contribution in [1.29, 1.82) is 0 Å². The van der Waals surface area contributed by atoms with E-state index in [0.29, 0.717) is 26.2 Å². The van der Waals surface area contributed by atoms with Gasteiger partial charge >= 0.3 is 0 Å². The fourth-order valence-electron chi connectivity index (χ4n) is 3.71. The normalized spacial score (nSPS) is 18.6. The zero-order valence-corrected chi connectivity index (χ0v) is 17.5. The highest BCUT2D eigenvalue weighted by Crippen LogP contribution is 2.26. The molecule has 2 saturated heterocycles. The molecule has 0 bridgehead atoms. The molecule has 0 aliphatic carbocycles. The minimum absolute atomic E-state index is 0.166. The third-order valence-electron chi connectivity index (χ3n) is 5.23. The highest BCUT2D eigenvalue weighted by Gasteiger charge is 2.30. The fraction of sp³-hybridized carbons (Fsp3) is 0.474. The number of piperazine rings is 1. The van der Waals surface area contributed by atoms with Gasteiger partial charge in [-0.15, -0.1) is 0 Å². The largest absolute Gasteiger partial charge is 0.354 e. The Hall–Kier alpha value is -1.90. The van der Waals surface area contributed by atoms with Crippen molar-refractivity contribution in [2.45, 2.75) is 24.7 Å². The Kier molecular flexibility index (Phi) is 5.44. The topological polar surface area (TPSA) is 69.6 Å². The maximum absolute atomic E-state index is 12.9. The summed E-state index contributed by atoms with van der Waals surface area (Å²) in [7, 11) is -3.59. The van der Waals surface area contributed by atoms with Crippen LogP contribution in [0.3, 0.4) is 0 Å². The van der Waals surface area contributed by atoms with Crippen molar-refractivity contribution in [1.82, 2.24) is 14.3 Å². The Morgan fingerprint density at radius 1 is 0.929 bits per heavy atom. The Labute approximate surface area is 171 Å². The molecule has 3 heterocycles. The van der Waals surface area contributed by atoms with E-state index in [9.17, 15) is 8.42 Å². The molecule has 0 unspecified atom stereocenters. The number of aromatic nitrogens is 2. The highest BCUT2D eigenvalue weighted by molar-refractivity contribution is 7.89. The van der Waals surface area contributed by atoms with Gasteiger partial charge in [-0.3, -0.25) is 0 Å². The molecule has 0 radical (unpaired) electrons. The fourth-order valence-corrected chi connectivity index (χ4v) is 5.62. The summed E-state index contributed by atoms with van der Waals surface area (Å²) in [4.78, 5) is 13.8. The van der Waals surface area contributed by atoms with E-state index in [0.717, 1.165) is 30.5 Å². The van der Waals surface area contributed by atoms with Crippen molar-refractivity contribution in [2.24, 2.45) is 0 Å². The van der Waals surface area contributed by atoms with Crippen LogP contribution in [0.5, 0.6) is 0 Å². The van der Waals surface area contributed by atoms with Gasteiger partial charge in [0.25, 0.3) is 0 Å². The van der Waals surface area contributed by atoms with Crippen LogP contribution in [0.1, 0.15) is 18.5 Å². The van der Waals surface area contributed by atoms with Crippen molar-refractivity contribution in [3.8, 4) is 0 Å². The molecular formula is C19H24ClN5O2S. The van der Waals surface area contributed by atoms with Gasteiger partial charge in [-0.1, -0.05) is 23.7 Å². The number of rotatable bonds is 4.